The van der Waals surface area contributed by atoms with E-state index in [-0.39, 0.29) is 12.2 Å². The minimum atomic E-state index is -0.470. The van der Waals surface area contributed by atoms with Gasteiger partial charge in [-0.1, -0.05) is 11.6 Å². The SMILES string of the molecule is CN1CCOC(C(=O)Cc2cc(Cl)ccc2F)C1. The quantitative estimate of drug-likeness (QED) is 0.841. The Hall–Kier alpha value is -0.970. The number of ketones is 1. The second kappa shape index (κ2) is 5.78. The van der Waals surface area contributed by atoms with E-state index in [0.29, 0.717) is 23.7 Å². The predicted molar refractivity (Wildman–Crippen MR) is 67.4 cm³/mol. The third kappa shape index (κ3) is 3.28. The van der Waals surface area contributed by atoms with Crippen LogP contribution in [0, 0.1) is 5.82 Å². The van der Waals surface area contributed by atoms with Gasteiger partial charge in [0.2, 0.25) is 0 Å². The molecule has 1 unspecified atom stereocenters. The summed E-state index contributed by atoms with van der Waals surface area (Å²) in [6.45, 7) is 1.90. The maximum Gasteiger partial charge on any atom is 0.167 e. The lowest BCUT2D eigenvalue weighted by atomic mass is 10.0. The van der Waals surface area contributed by atoms with Crippen molar-refractivity contribution in [3.05, 3.63) is 34.6 Å². The second-order valence-corrected chi connectivity index (χ2v) is 4.94. The van der Waals surface area contributed by atoms with Crippen LogP contribution in [0.2, 0.25) is 5.02 Å². The first-order valence-corrected chi connectivity index (χ1v) is 6.21. The highest BCUT2D eigenvalue weighted by molar-refractivity contribution is 6.30. The number of nitrogens with zero attached hydrogens (tertiary/aromatic N) is 1. The number of Topliss-reactive ketones (excluding diaryl/α,β-unsaturated/α-hetero) is 1. The van der Waals surface area contributed by atoms with E-state index in [4.69, 9.17) is 16.3 Å². The zero-order valence-corrected chi connectivity index (χ0v) is 10.9. The molecular weight excluding hydrogens is 257 g/mol. The lowest BCUT2D eigenvalue weighted by Crippen LogP contribution is -2.44. The van der Waals surface area contributed by atoms with Crippen molar-refractivity contribution in [2.24, 2.45) is 0 Å². The van der Waals surface area contributed by atoms with Gasteiger partial charge in [-0.3, -0.25) is 4.79 Å². The number of hydrogen-bond donors (Lipinski definition) is 0. The molecule has 3 nitrogen and oxygen atoms in total. The van der Waals surface area contributed by atoms with E-state index < -0.39 is 11.9 Å². The number of hydrogen-bond acceptors (Lipinski definition) is 3. The molecule has 1 aromatic carbocycles. The third-order valence-electron chi connectivity index (χ3n) is 3.00. The molecule has 1 saturated heterocycles. The van der Waals surface area contributed by atoms with Crippen LogP contribution in [0.15, 0.2) is 18.2 Å². The van der Waals surface area contributed by atoms with E-state index in [1.165, 1.54) is 18.2 Å². The summed E-state index contributed by atoms with van der Waals surface area (Å²) in [7, 11) is 1.93. The summed E-state index contributed by atoms with van der Waals surface area (Å²) in [5, 5.41) is 0.431. The van der Waals surface area contributed by atoms with E-state index in [0.717, 1.165) is 6.54 Å². The molecule has 0 N–H and O–H groups in total. The maximum absolute atomic E-state index is 13.5. The van der Waals surface area contributed by atoms with E-state index in [2.05, 4.69) is 0 Å². The fourth-order valence-electron chi connectivity index (χ4n) is 1.95. The van der Waals surface area contributed by atoms with E-state index in [1.807, 2.05) is 11.9 Å². The molecule has 1 aliphatic heterocycles. The van der Waals surface area contributed by atoms with Crippen molar-refractivity contribution < 1.29 is 13.9 Å². The van der Waals surface area contributed by atoms with Gasteiger partial charge in [0.05, 0.1) is 6.61 Å². The fourth-order valence-corrected chi connectivity index (χ4v) is 2.15. The molecule has 1 aliphatic rings. The van der Waals surface area contributed by atoms with Crippen molar-refractivity contribution in [2.75, 3.05) is 26.7 Å². The number of ether oxygens (including phenoxy) is 1. The normalized spacial score (nSPS) is 20.9. The summed E-state index contributed by atoms with van der Waals surface area (Å²) >= 11 is 5.79. The van der Waals surface area contributed by atoms with Crippen LogP contribution in [-0.2, 0) is 16.0 Å². The zero-order chi connectivity index (χ0) is 13.1. The van der Waals surface area contributed by atoms with Gasteiger partial charge in [-0.15, -0.1) is 0 Å². The molecule has 18 heavy (non-hydrogen) atoms. The third-order valence-corrected chi connectivity index (χ3v) is 3.24. The van der Waals surface area contributed by atoms with Gasteiger partial charge in [-0.05, 0) is 30.8 Å². The first kappa shape index (κ1) is 13.5. The van der Waals surface area contributed by atoms with Gasteiger partial charge < -0.3 is 9.64 Å². The molecule has 0 radical (unpaired) electrons. The van der Waals surface area contributed by atoms with Gasteiger partial charge in [0, 0.05) is 24.5 Å². The first-order valence-electron chi connectivity index (χ1n) is 5.83. The molecule has 0 aliphatic carbocycles. The average Bonchev–Trinajstić information content (AvgIpc) is 2.34. The Morgan fingerprint density at radius 3 is 3.11 bits per heavy atom. The molecule has 98 valence electrons. The molecule has 1 heterocycles. The van der Waals surface area contributed by atoms with Gasteiger partial charge in [-0.2, -0.15) is 0 Å². The number of likely N-dealkylation sites (N-methyl/N-ethyl adjacent to an activating group) is 1. The number of carbonyl (C=O) groups is 1. The summed E-state index contributed by atoms with van der Waals surface area (Å²) in [5.74, 6) is -0.514. The summed E-state index contributed by atoms with van der Waals surface area (Å²) in [6.07, 6.45) is -0.451. The van der Waals surface area contributed by atoms with Crippen LogP contribution >= 0.6 is 11.6 Å². The number of rotatable bonds is 3. The monoisotopic (exact) mass is 271 g/mol. The molecule has 0 spiro atoms. The van der Waals surface area contributed by atoms with Crippen LogP contribution in [0.5, 0.6) is 0 Å². The minimum Gasteiger partial charge on any atom is -0.368 e. The Bertz CT molecular complexity index is 453. The fraction of sp³-hybridized carbons (Fsp3) is 0.462. The molecule has 1 fully saturated rings. The van der Waals surface area contributed by atoms with Crippen LogP contribution in [-0.4, -0.2) is 43.5 Å². The summed E-state index contributed by atoms with van der Waals surface area (Å²) in [4.78, 5) is 14.0. The highest BCUT2D eigenvalue weighted by Gasteiger charge is 2.25. The van der Waals surface area contributed by atoms with Crippen LogP contribution in [0.3, 0.4) is 0 Å². The van der Waals surface area contributed by atoms with Gasteiger partial charge in [0.15, 0.2) is 5.78 Å². The second-order valence-electron chi connectivity index (χ2n) is 4.50. The Labute approximate surface area is 110 Å². The Morgan fingerprint density at radius 2 is 2.39 bits per heavy atom. The molecule has 1 atom stereocenters. The first-order chi connectivity index (χ1) is 8.56. The van der Waals surface area contributed by atoms with Crippen LogP contribution in [0.1, 0.15) is 5.56 Å². The lowest BCUT2D eigenvalue weighted by molar-refractivity contribution is -0.134. The average molecular weight is 272 g/mol. The zero-order valence-electron chi connectivity index (χ0n) is 10.2. The lowest BCUT2D eigenvalue weighted by Gasteiger charge is -2.29. The van der Waals surface area contributed by atoms with E-state index in [1.54, 1.807) is 0 Å². The van der Waals surface area contributed by atoms with Crippen LogP contribution < -0.4 is 0 Å². The Morgan fingerprint density at radius 1 is 1.61 bits per heavy atom. The largest absolute Gasteiger partial charge is 0.368 e. The number of halogens is 2. The Kier molecular flexibility index (Phi) is 4.32. The summed E-state index contributed by atoms with van der Waals surface area (Å²) in [6, 6.07) is 4.23. The van der Waals surface area contributed by atoms with Crippen LogP contribution in [0.25, 0.3) is 0 Å². The molecule has 0 aromatic heterocycles. The molecule has 2 rings (SSSR count). The number of morpholine rings is 1. The smallest absolute Gasteiger partial charge is 0.167 e. The minimum absolute atomic E-state index is 0.0187. The van der Waals surface area contributed by atoms with Crippen molar-refractivity contribution in [2.45, 2.75) is 12.5 Å². The molecule has 5 heteroatoms. The standard InChI is InChI=1S/C13H15ClFNO2/c1-16-4-5-18-13(8-16)12(17)7-9-6-10(14)2-3-11(9)15/h2-3,6,13H,4-5,7-8H2,1H3. The summed E-state index contributed by atoms with van der Waals surface area (Å²) in [5.41, 5.74) is 0.323. The van der Waals surface area contributed by atoms with Crippen molar-refractivity contribution in [3.63, 3.8) is 0 Å². The van der Waals surface area contributed by atoms with Gasteiger partial charge in [-0.25, -0.2) is 4.39 Å². The van der Waals surface area contributed by atoms with Crippen LogP contribution in [0.4, 0.5) is 4.39 Å². The highest BCUT2D eigenvalue weighted by Crippen LogP contribution is 2.17. The predicted octanol–water partition coefficient (Wildman–Crippen LogP) is 1.92. The maximum atomic E-state index is 13.5. The van der Waals surface area contributed by atoms with Gasteiger partial charge in [0.25, 0.3) is 0 Å². The molecule has 0 saturated carbocycles. The molecular formula is C13H15ClFNO2. The molecule has 0 amide bonds. The van der Waals surface area contributed by atoms with Crippen molar-refractivity contribution in [1.29, 1.82) is 0 Å². The number of benzene rings is 1. The highest BCUT2D eigenvalue weighted by atomic mass is 35.5. The van der Waals surface area contributed by atoms with Crippen molar-refractivity contribution in [1.82, 2.24) is 4.90 Å². The molecule has 0 bridgehead atoms. The van der Waals surface area contributed by atoms with E-state index >= 15 is 0 Å². The van der Waals surface area contributed by atoms with E-state index in [9.17, 15) is 9.18 Å². The van der Waals surface area contributed by atoms with Crippen molar-refractivity contribution in [3.8, 4) is 0 Å². The van der Waals surface area contributed by atoms with Crippen molar-refractivity contribution >= 4 is 17.4 Å². The molecule has 1 aromatic rings. The Balaban J connectivity index is 2.04. The number of carbonyl (C=O) groups excluding carboxylic acids is 1. The van der Waals surface area contributed by atoms with Gasteiger partial charge >= 0.3 is 0 Å². The van der Waals surface area contributed by atoms with Gasteiger partial charge in [0.1, 0.15) is 11.9 Å². The summed E-state index contributed by atoms with van der Waals surface area (Å²) < 4.78 is 18.9. The topological polar surface area (TPSA) is 29.5 Å².